The fourth-order valence-electron chi connectivity index (χ4n) is 1.41. The number of hydrogen-bond donors (Lipinski definition) is 0. The number of hydrogen-bond acceptors (Lipinski definition) is 2. The van der Waals surface area contributed by atoms with E-state index in [9.17, 15) is 4.79 Å². The van der Waals surface area contributed by atoms with Gasteiger partial charge in [0, 0.05) is 0 Å². The van der Waals surface area contributed by atoms with Crippen LogP contribution in [0.15, 0.2) is 24.3 Å². The molecule has 1 aliphatic heterocycles. The van der Waals surface area contributed by atoms with Crippen LogP contribution in [0.25, 0.3) is 0 Å². The van der Waals surface area contributed by atoms with Crippen molar-refractivity contribution in [3.63, 3.8) is 0 Å². The second kappa shape index (κ2) is 2.97. The molecule has 1 aromatic carbocycles. The van der Waals surface area contributed by atoms with Crippen molar-refractivity contribution >= 4 is 6.29 Å². The third-order valence-electron chi connectivity index (χ3n) is 2.05. The number of fused-ring (bicyclic) bond motifs is 1. The van der Waals surface area contributed by atoms with Crippen LogP contribution in [0.2, 0.25) is 0 Å². The van der Waals surface area contributed by atoms with Crippen molar-refractivity contribution in [1.29, 1.82) is 0 Å². The van der Waals surface area contributed by atoms with Gasteiger partial charge in [-0.2, -0.15) is 0 Å². The first-order valence-corrected chi connectivity index (χ1v) is 4.02. The van der Waals surface area contributed by atoms with Crippen molar-refractivity contribution in [3.05, 3.63) is 29.8 Å². The van der Waals surface area contributed by atoms with Gasteiger partial charge >= 0.3 is 0 Å². The Kier molecular flexibility index (Phi) is 1.82. The number of benzene rings is 1. The van der Waals surface area contributed by atoms with E-state index in [-0.39, 0.29) is 6.10 Å². The van der Waals surface area contributed by atoms with Crippen molar-refractivity contribution in [1.82, 2.24) is 0 Å². The fraction of sp³-hybridized carbons (Fsp3) is 0.300. The van der Waals surface area contributed by atoms with Crippen LogP contribution in [0.5, 0.6) is 5.75 Å². The molecule has 0 spiro atoms. The van der Waals surface area contributed by atoms with Crippen molar-refractivity contribution in [2.75, 3.05) is 0 Å². The third-order valence-corrected chi connectivity index (χ3v) is 2.05. The van der Waals surface area contributed by atoms with Crippen molar-refractivity contribution in [3.8, 4) is 5.75 Å². The number of rotatable bonds is 1. The Bertz CT molecular complexity index is 294. The number of ether oxygens (including phenoxy) is 1. The Labute approximate surface area is 71.2 Å². The van der Waals surface area contributed by atoms with Crippen LogP contribution in [0.3, 0.4) is 0 Å². The van der Waals surface area contributed by atoms with E-state index < -0.39 is 0 Å². The van der Waals surface area contributed by atoms with E-state index in [4.69, 9.17) is 4.74 Å². The summed E-state index contributed by atoms with van der Waals surface area (Å²) in [7, 11) is 0. The Balaban J connectivity index is 2.28. The van der Waals surface area contributed by atoms with Crippen LogP contribution in [0, 0.1) is 0 Å². The van der Waals surface area contributed by atoms with Gasteiger partial charge in [-0.3, -0.25) is 4.79 Å². The first-order valence-electron chi connectivity index (χ1n) is 4.02. The molecule has 2 rings (SSSR count). The predicted octanol–water partition coefficient (Wildman–Crippen LogP) is 1.49. The second-order valence-corrected chi connectivity index (χ2v) is 2.87. The highest BCUT2D eigenvalue weighted by Crippen LogP contribution is 2.25. The first-order chi connectivity index (χ1) is 5.90. The largest absolute Gasteiger partial charge is 0.482 e. The van der Waals surface area contributed by atoms with E-state index in [1.165, 1.54) is 5.56 Å². The van der Waals surface area contributed by atoms with Gasteiger partial charge in [0.05, 0.1) is 0 Å². The van der Waals surface area contributed by atoms with Crippen molar-refractivity contribution in [2.45, 2.75) is 18.9 Å². The Morgan fingerprint density at radius 1 is 1.42 bits per heavy atom. The molecule has 1 heterocycles. The van der Waals surface area contributed by atoms with Crippen LogP contribution < -0.4 is 4.74 Å². The Morgan fingerprint density at radius 3 is 3.08 bits per heavy atom. The van der Waals surface area contributed by atoms with E-state index in [0.717, 1.165) is 18.6 Å². The summed E-state index contributed by atoms with van der Waals surface area (Å²) in [5.41, 5.74) is 1.18. The number of carbonyl (C=O) groups excluding carboxylic acids is 1. The van der Waals surface area contributed by atoms with E-state index in [0.29, 0.717) is 0 Å². The molecular formula is C10H9O2. The minimum absolute atomic E-state index is 0.361. The molecule has 1 radical (unpaired) electrons. The molecule has 0 bridgehead atoms. The summed E-state index contributed by atoms with van der Waals surface area (Å²) in [6.07, 6.45) is 3.17. The van der Waals surface area contributed by atoms with E-state index in [2.05, 4.69) is 0 Å². The predicted molar refractivity (Wildman–Crippen MR) is 44.9 cm³/mol. The average molecular weight is 161 g/mol. The molecule has 0 N–H and O–H groups in total. The third kappa shape index (κ3) is 1.20. The molecule has 2 heteroatoms. The molecule has 12 heavy (non-hydrogen) atoms. The quantitative estimate of drug-likeness (QED) is 0.623. The van der Waals surface area contributed by atoms with Gasteiger partial charge in [-0.1, -0.05) is 18.2 Å². The van der Waals surface area contributed by atoms with Gasteiger partial charge in [0.2, 0.25) is 6.29 Å². The Morgan fingerprint density at radius 2 is 2.25 bits per heavy atom. The molecule has 1 aromatic rings. The zero-order valence-electron chi connectivity index (χ0n) is 6.62. The molecule has 0 aromatic heterocycles. The highest BCUT2D eigenvalue weighted by atomic mass is 16.5. The van der Waals surface area contributed by atoms with Crippen LogP contribution in [0.1, 0.15) is 12.0 Å². The van der Waals surface area contributed by atoms with Crippen LogP contribution in [-0.4, -0.2) is 12.4 Å². The van der Waals surface area contributed by atoms with Gasteiger partial charge in [0.15, 0.2) is 6.10 Å². The maximum absolute atomic E-state index is 10.3. The summed E-state index contributed by atoms with van der Waals surface area (Å²) in [4.78, 5) is 10.3. The van der Waals surface area contributed by atoms with Crippen LogP contribution in [0.4, 0.5) is 0 Å². The SMILES string of the molecule is O=[C]C1CCc2ccccc2O1. The monoisotopic (exact) mass is 161 g/mol. The number of aryl methyl sites for hydroxylation is 1. The van der Waals surface area contributed by atoms with Gasteiger partial charge in [0.1, 0.15) is 5.75 Å². The summed E-state index contributed by atoms with van der Waals surface area (Å²) >= 11 is 0. The summed E-state index contributed by atoms with van der Waals surface area (Å²) < 4.78 is 5.36. The molecular weight excluding hydrogens is 152 g/mol. The van der Waals surface area contributed by atoms with Gasteiger partial charge in [-0.25, -0.2) is 0 Å². The zero-order chi connectivity index (χ0) is 8.39. The molecule has 0 saturated heterocycles. The normalized spacial score (nSPS) is 20.8. The van der Waals surface area contributed by atoms with Gasteiger partial charge < -0.3 is 4.74 Å². The topological polar surface area (TPSA) is 26.3 Å². The minimum atomic E-state index is -0.361. The van der Waals surface area contributed by atoms with Crippen molar-refractivity contribution in [2.24, 2.45) is 0 Å². The van der Waals surface area contributed by atoms with Gasteiger partial charge in [-0.05, 0) is 24.5 Å². The molecule has 0 saturated carbocycles. The lowest BCUT2D eigenvalue weighted by molar-refractivity contribution is 0.229. The molecule has 61 valence electrons. The van der Waals surface area contributed by atoms with Gasteiger partial charge in [0.25, 0.3) is 0 Å². The Hall–Kier alpha value is -1.31. The molecule has 0 aliphatic carbocycles. The smallest absolute Gasteiger partial charge is 0.242 e. The summed E-state index contributed by atoms with van der Waals surface area (Å²) in [5, 5.41) is 0. The number of para-hydroxylation sites is 1. The highest BCUT2D eigenvalue weighted by Gasteiger charge is 2.18. The molecule has 0 fully saturated rings. The van der Waals surface area contributed by atoms with E-state index >= 15 is 0 Å². The first kappa shape index (κ1) is 7.35. The average Bonchev–Trinajstić information content (AvgIpc) is 2.17. The van der Waals surface area contributed by atoms with Crippen LogP contribution >= 0.6 is 0 Å². The van der Waals surface area contributed by atoms with E-state index in [1.807, 2.05) is 30.6 Å². The standard InChI is InChI=1S/C10H9O2/c11-7-9-6-5-8-3-1-2-4-10(8)12-9/h1-4,9H,5-6H2. The molecule has 2 nitrogen and oxygen atoms in total. The second-order valence-electron chi connectivity index (χ2n) is 2.87. The fourth-order valence-corrected chi connectivity index (χ4v) is 1.41. The maximum atomic E-state index is 10.3. The molecule has 1 aliphatic rings. The maximum Gasteiger partial charge on any atom is 0.242 e. The summed E-state index contributed by atoms with van der Waals surface area (Å²) in [6.45, 7) is 0. The van der Waals surface area contributed by atoms with Gasteiger partial charge in [-0.15, -0.1) is 0 Å². The lowest BCUT2D eigenvalue weighted by Gasteiger charge is -2.21. The molecule has 1 atom stereocenters. The zero-order valence-corrected chi connectivity index (χ0v) is 6.62. The van der Waals surface area contributed by atoms with E-state index in [1.54, 1.807) is 0 Å². The molecule has 0 amide bonds. The lowest BCUT2D eigenvalue weighted by Crippen LogP contribution is -2.23. The van der Waals surface area contributed by atoms with Crippen LogP contribution in [-0.2, 0) is 11.2 Å². The minimum Gasteiger partial charge on any atom is -0.482 e. The van der Waals surface area contributed by atoms with Crippen molar-refractivity contribution < 1.29 is 9.53 Å². The lowest BCUT2D eigenvalue weighted by atomic mass is 10.0. The summed E-state index contributed by atoms with van der Waals surface area (Å²) in [5.74, 6) is 0.831. The molecule has 1 unspecified atom stereocenters. The summed E-state index contributed by atoms with van der Waals surface area (Å²) in [6, 6.07) is 7.80. The highest BCUT2D eigenvalue weighted by molar-refractivity contribution is 5.59.